The third-order valence-electron chi connectivity index (χ3n) is 2.65. The minimum atomic E-state index is 0.0106. The Balaban J connectivity index is 1.80. The molecule has 3 nitrogen and oxygen atoms in total. The largest absolute Gasteiger partial charge is 0.467 e. The van der Waals surface area contributed by atoms with E-state index in [0.29, 0.717) is 6.54 Å². The summed E-state index contributed by atoms with van der Waals surface area (Å²) in [7, 11) is 0. The zero-order valence-electron chi connectivity index (χ0n) is 9.88. The maximum atomic E-state index is 6.02. The van der Waals surface area contributed by atoms with Crippen LogP contribution >= 0.6 is 34.3 Å². The molecule has 0 saturated heterocycles. The van der Waals surface area contributed by atoms with E-state index >= 15 is 0 Å². The van der Waals surface area contributed by atoms with Crippen molar-refractivity contribution >= 4 is 34.3 Å². The lowest BCUT2D eigenvalue weighted by molar-refractivity contribution is 0.449. The third-order valence-corrected chi connectivity index (χ3v) is 4.72. The van der Waals surface area contributed by atoms with Gasteiger partial charge in [0.25, 0.3) is 0 Å². The fraction of sp³-hybridized carbons (Fsp3) is 0.154. The van der Waals surface area contributed by atoms with Crippen LogP contribution in [0.4, 0.5) is 0 Å². The molecule has 0 bridgehead atoms. The lowest BCUT2D eigenvalue weighted by atomic mass is 10.2. The molecule has 0 fully saturated rings. The van der Waals surface area contributed by atoms with Crippen molar-refractivity contribution in [1.82, 2.24) is 10.3 Å². The van der Waals surface area contributed by atoms with Gasteiger partial charge in [0, 0.05) is 23.0 Å². The van der Waals surface area contributed by atoms with Gasteiger partial charge < -0.3 is 4.42 Å². The molecular formula is C13H11ClN2OS2. The van der Waals surface area contributed by atoms with Gasteiger partial charge in [-0.2, -0.15) is 0 Å². The van der Waals surface area contributed by atoms with Gasteiger partial charge in [0.1, 0.15) is 16.8 Å². The number of halogens is 1. The smallest absolute Gasteiger partial charge is 0.126 e. The van der Waals surface area contributed by atoms with Gasteiger partial charge in [-0.05, 0) is 24.3 Å². The van der Waals surface area contributed by atoms with Crippen LogP contribution < -0.4 is 5.32 Å². The first-order valence-electron chi connectivity index (χ1n) is 5.73. The number of nitrogens with zero attached hydrogens (tertiary/aromatic N) is 1. The highest BCUT2D eigenvalue weighted by atomic mass is 35.5. The first-order valence-corrected chi connectivity index (χ1v) is 7.81. The van der Waals surface area contributed by atoms with Crippen LogP contribution in [0.1, 0.15) is 21.7 Å². The summed E-state index contributed by atoms with van der Waals surface area (Å²) in [5.74, 6) is 0.884. The van der Waals surface area contributed by atoms with Crippen LogP contribution in [0.15, 0.2) is 46.5 Å². The summed E-state index contributed by atoms with van der Waals surface area (Å²) >= 11 is 9.21. The van der Waals surface area contributed by atoms with Crippen molar-refractivity contribution in [3.05, 3.63) is 62.1 Å². The van der Waals surface area contributed by atoms with Crippen molar-refractivity contribution in [2.75, 3.05) is 0 Å². The van der Waals surface area contributed by atoms with E-state index in [4.69, 9.17) is 16.0 Å². The van der Waals surface area contributed by atoms with Gasteiger partial charge in [0.05, 0.1) is 10.6 Å². The van der Waals surface area contributed by atoms with Crippen LogP contribution in [-0.2, 0) is 6.54 Å². The SMILES string of the molecule is Clc1ccc(C(NCc2nccs2)c2ccco2)s1. The normalized spacial score (nSPS) is 12.7. The maximum absolute atomic E-state index is 6.02. The molecule has 0 aliphatic heterocycles. The van der Waals surface area contributed by atoms with Crippen LogP contribution in [-0.4, -0.2) is 4.98 Å². The Kier molecular flexibility index (Phi) is 3.98. The number of thiazole rings is 1. The van der Waals surface area contributed by atoms with Gasteiger partial charge in [-0.3, -0.25) is 5.32 Å². The van der Waals surface area contributed by atoms with Gasteiger partial charge in [-0.1, -0.05) is 11.6 Å². The average molecular weight is 311 g/mol. The van der Waals surface area contributed by atoms with Crippen LogP contribution in [0, 0.1) is 0 Å². The summed E-state index contributed by atoms with van der Waals surface area (Å²) in [6, 6.07) is 7.80. The molecule has 1 N–H and O–H groups in total. The Morgan fingerprint density at radius 1 is 1.37 bits per heavy atom. The van der Waals surface area contributed by atoms with Gasteiger partial charge >= 0.3 is 0 Å². The summed E-state index contributed by atoms with van der Waals surface area (Å²) in [4.78, 5) is 5.41. The van der Waals surface area contributed by atoms with Crippen LogP contribution in [0.3, 0.4) is 0 Å². The van der Waals surface area contributed by atoms with E-state index in [-0.39, 0.29) is 6.04 Å². The summed E-state index contributed by atoms with van der Waals surface area (Å²) in [5, 5.41) is 6.49. The van der Waals surface area contributed by atoms with E-state index in [2.05, 4.69) is 10.3 Å². The molecule has 3 aromatic rings. The first-order chi connectivity index (χ1) is 9.33. The van der Waals surface area contributed by atoms with E-state index in [1.807, 2.05) is 35.8 Å². The van der Waals surface area contributed by atoms with E-state index in [1.165, 1.54) is 0 Å². The van der Waals surface area contributed by atoms with Crippen molar-refractivity contribution in [3.63, 3.8) is 0 Å². The predicted octanol–water partition coefficient (Wildman–Crippen LogP) is 4.33. The Morgan fingerprint density at radius 3 is 2.95 bits per heavy atom. The fourth-order valence-electron chi connectivity index (χ4n) is 1.81. The second-order valence-corrected chi connectivity index (χ2v) is 6.62. The third kappa shape index (κ3) is 3.06. The molecule has 0 spiro atoms. The van der Waals surface area contributed by atoms with Crippen molar-refractivity contribution in [3.8, 4) is 0 Å². The fourth-order valence-corrected chi connectivity index (χ4v) is 3.52. The molecule has 3 heterocycles. The molecule has 0 saturated carbocycles. The molecule has 98 valence electrons. The van der Waals surface area contributed by atoms with E-state index in [9.17, 15) is 0 Å². The highest BCUT2D eigenvalue weighted by Gasteiger charge is 2.18. The summed E-state index contributed by atoms with van der Waals surface area (Å²) in [5.41, 5.74) is 0. The Hall–Kier alpha value is -1.14. The number of rotatable bonds is 5. The van der Waals surface area contributed by atoms with Gasteiger partial charge in [-0.25, -0.2) is 4.98 Å². The minimum Gasteiger partial charge on any atom is -0.467 e. The van der Waals surface area contributed by atoms with Crippen molar-refractivity contribution in [2.45, 2.75) is 12.6 Å². The Labute approximate surface area is 123 Å². The molecule has 3 rings (SSSR count). The molecule has 0 amide bonds. The van der Waals surface area contributed by atoms with Crippen LogP contribution in [0.5, 0.6) is 0 Å². The number of hydrogen-bond acceptors (Lipinski definition) is 5. The van der Waals surface area contributed by atoms with Crippen molar-refractivity contribution in [2.24, 2.45) is 0 Å². The molecule has 0 radical (unpaired) electrons. The monoisotopic (exact) mass is 310 g/mol. The molecule has 0 aliphatic rings. The number of furan rings is 1. The minimum absolute atomic E-state index is 0.0106. The number of hydrogen-bond donors (Lipinski definition) is 1. The molecule has 19 heavy (non-hydrogen) atoms. The molecule has 3 aromatic heterocycles. The van der Waals surface area contributed by atoms with Gasteiger partial charge in [0.15, 0.2) is 0 Å². The number of aromatic nitrogens is 1. The zero-order valence-corrected chi connectivity index (χ0v) is 12.3. The maximum Gasteiger partial charge on any atom is 0.126 e. The standard InChI is InChI=1S/C13H11ClN2OS2/c14-11-4-3-10(19-11)13(9-2-1-6-17-9)16-8-12-15-5-7-18-12/h1-7,13,16H,8H2. The van der Waals surface area contributed by atoms with E-state index in [0.717, 1.165) is 20.0 Å². The zero-order chi connectivity index (χ0) is 13.1. The summed E-state index contributed by atoms with van der Waals surface area (Å²) in [6.07, 6.45) is 3.49. The number of nitrogens with one attached hydrogen (secondary N) is 1. The lowest BCUT2D eigenvalue weighted by Gasteiger charge is -2.14. The predicted molar refractivity (Wildman–Crippen MR) is 78.8 cm³/mol. The molecular weight excluding hydrogens is 300 g/mol. The Morgan fingerprint density at radius 2 is 2.32 bits per heavy atom. The quantitative estimate of drug-likeness (QED) is 0.762. The second-order valence-electron chi connectivity index (χ2n) is 3.90. The molecule has 0 aliphatic carbocycles. The second kappa shape index (κ2) is 5.88. The van der Waals surface area contributed by atoms with Crippen molar-refractivity contribution in [1.29, 1.82) is 0 Å². The summed E-state index contributed by atoms with van der Waals surface area (Å²) < 4.78 is 6.29. The Bertz CT molecular complexity index is 619. The number of thiophene rings is 1. The van der Waals surface area contributed by atoms with Gasteiger partial charge in [-0.15, -0.1) is 22.7 Å². The highest BCUT2D eigenvalue weighted by Crippen LogP contribution is 2.31. The van der Waals surface area contributed by atoms with Crippen LogP contribution in [0.2, 0.25) is 4.34 Å². The van der Waals surface area contributed by atoms with E-state index in [1.54, 1.807) is 28.9 Å². The lowest BCUT2D eigenvalue weighted by Crippen LogP contribution is -2.20. The molecule has 1 atom stereocenters. The molecule has 0 aromatic carbocycles. The van der Waals surface area contributed by atoms with Gasteiger partial charge in [0.2, 0.25) is 0 Å². The first kappa shape index (κ1) is 12.9. The average Bonchev–Trinajstić information content (AvgIpc) is 3.11. The van der Waals surface area contributed by atoms with E-state index < -0.39 is 0 Å². The van der Waals surface area contributed by atoms with Crippen molar-refractivity contribution < 1.29 is 4.42 Å². The molecule has 1 unspecified atom stereocenters. The highest BCUT2D eigenvalue weighted by molar-refractivity contribution is 7.16. The summed E-state index contributed by atoms with van der Waals surface area (Å²) in [6.45, 7) is 0.707. The van der Waals surface area contributed by atoms with Crippen LogP contribution in [0.25, 0.3) is 0 Å². The topological polar surface area (TPSA) is 38.1 Å². The molecule has 6 heteroatoms.